The van der Waals surface area contributed by atoms with Crippen molar-refractivity contribution in [3.8, 4) is 16.9 Å². The number of carbonyl (C=O) groups excluding carboxylic acids is 3. The predicted octanol–water partition coefficient (Wildman–Crippen LogP) is 3.27. The van der Waals surface area contributed by atoms with Crippen molar-refractivity contribution in [3.05, 3.63) is 75.8 Å². The van der Waals surface area contributed by atoms with E-state index in [9.17, 15) is 29.7 Å². The molecule has 0 spiro atoms. The van der Waals surface area contributed by atoms with Gasteiger partial charge in [0.05, 0.1) is 17.5 Å². The highest BCUT2D eigenvalue weighted by Crippen LogP contribution is 2.51. The van der Waals surface area contributed by atoms with Gasteiger partial charge >= 0.3 is 0 Å². The third-order valence-electron chi connectivity index (χ3n) is 9.32. The molecule has 1 fully saturated rings. The topological polar surface area (TPSA) is 144 Å². The minimum atomic E-state index is -1.19. The number of phenols is 1. The SMILES string of the molecule is CN(C)[C@@H]1C(O)=C(C(N)=O)C(=O)C2C(O)=C3C(=O)c4c(O)ccc(-c5ccc(CN6CCCC6)cc5)c4C[C@H]3C[C@H]21. The number of hydrogen-bond donors (Lipinski definition) is 4. The minimum Gasteiger partial charge on any atom is -0.511 e. The Hall–Kier alpha value is -3.95. The lowest BCUT2D eigenvalue weighted by atomic mass is 9.60. The molecule has 0 saturated carbocycles. The molecule has 0 radical (unpaired) electrons. The van der Waals surface area contributed by atoms with Crippen molar-refractivity contribution in [2.45, 2.75) is 38.3 Å². The quantitative estimate of drug-likeness (QED) is 0.410. The Morgan fingerprint density at radius 3 is 2.32 bits per heavy atom. The zero-order chi connectivity index (χ0) is 29.2. The summed E-state index contributed by atoms with van der Waals surface area (Å²) in [6.07, 6.45) is 3.15. The maximum Gasteiger partial charge on any atom is 0.255 e. The van der Waals surface area contributed by atoms with Gasteiger partial charge in [-0.2, -0.15) is 0 Å². The zero-order valence-corrected chi connectivity index (χ0v) is 23.3. The second-order valence-electron chi connectivity index (χ2n) is 12.0. The molecule has 2 aromatic rings. The maximum atomic E-state index is 13.9. The highest BCUT2D eigenvalue weighted by atomic mass is 16.3. The number of allylic oxidation sites excluding steroid dienone is 2. The summed E-state index contributed by atoms with van der Waals surface area (Å²) in [5.41, 5.74) is 8.79. The number of primary amides is 1. The van der Waals surface area contributed by atoms with Crippen LogP contribution >= 0.6 is 0 Å². The van der Waals surface area contributed by atoms with Gasteiger partial charge in [-0.3, -0.25) is 24.2 Å². The van der Waals surface area contributed by atoms with E-state index in [0.717, 1.165) is 30.8 Å². The number of aliphatic hydroxyl groups excluding tert-OH is 2. The summed E-state index contributed by atoms with van der Waals surface area (Å²) in [7, 11) is 3.43. The van der Waals surface area contributed by atoms with Crippen LogP contribution in [0.4, 0.5) is 0 Å². The highest BCUT2D eigenvalue weighted by molar-refractivity contribution is 6.22. The lowest BCUT2D eigenvalue weighted by Crippen LogP contribution is -2.53. The molecule has 41 heavy (non-hydrogen) atoms. The Morgan fingerprint density at radius 2 is 1.68 bits per heavy atom. The summed E-state index contributed by atoms with van der Waals surface area (Å²) in [6, 6.07) is 10.8. The first-order valence-electron chi connectivity index (χ1n) is 14.2. The predicted molar refractivity (Wildman–Crippen MR) is 152 cm³/mol. The summed E-state index contributed by atoms with van der Waals surface area (Å²) >= 11 is 0. The van der Waals surface area contributed by atoms with Crippen molar-refractivity contribution < 1.29 is 29.7 Å². The van der Waals surface area contributed by atoms with Crippen LogP contribution in [0.2, 0.25) is 0 Å². The number of benzene rings is 2. The normalized spacial score (nSPS) is 26.3. The summed E-state index contributed by atoms with van der Waals surface area (Å²) < 4.78 is 0. The van der Waals surface area contributed by atoms with Crippen LogP contribution in [-0.4, -0.2) is 75.8 Å². The zero-order valence-electron chi connectivity index (χ0n) is 23.3. The minimum absolute atomic E-state index is 0.0863. The summed E-state index contributed by atoms with van der Waals surface area (Å²) in [5.74, 6) is -5.58. The van der Waals surface area contributed by atoms with Crippen LogP contribution in [0.15, 0.2) is 59.1 Å². The molecule has 1 amide bonds. The van der Waals surface area contributed by atoms with E-state index in [1.54, 1.807) is 19.0 Å². The molecule has 9 heteroatoms. The van der Waals surface area contributed by atoms with E-state index in [4.69, 9.17) is 5.73 Å². The molecule has 1 saturated heterocycles. The lowest BCUT2D eigenvalue weighted by Gasteiger charge is -2.46. The second-order valence-corrected chi connectivity index (χ2v) is 12.0. The van der Waals surface area contributed by atoms with Gasteiger partial charge in [-0.05, 0) is 93.0 Å². The van der Waals surface area contributed by atoms with Crippen molar-refractivity contribution in [2.75, 3.05) is 27.2 Å². The number of nitrogens with two attached hydrogens (primary N) is 1. The van der Waals surface area contributed by atoms with Gasteiger partial charge in [-0.15, -0.1) is 0 Å². The number of fused-ring (bicyclic) bond motifs is 3. The Morgan fingerprint density at radius 1 is 1.00 bits per heavy atom. The summed E-state index contributed by atoms with van der Waals surface area (Å²) in [5, 5.41) is 33.2. The fraction of sp³-hybridized carbons (Fsp3) is 0.406. The van der Waals surface area contributed by atoms with Gasteiger partial charge in [0.2, 0.25) is 0 Å². The number of likely N-dealkylation sites (N-methyl/N-ethyl adjacent to an activating group) is 1. The largest absolute Gasteiger partial charge is 0.511 e. The van der Waals surface area contributed by atoms with Crippen LogP contribution in [0.1, 0.15) is 40.7 Å². The first-order chi connectivity index (χ1) is 19.6. The molecule has 2 aromatic carbocycles. The van der Waals surface area contributed by atoms with Gasteiger partial charge in [0.1, 0.15) is 22.8 Å². The molecular formula is C32H35N3O6. The van der Waals surface area contributed by atoms with E-state index in [0.29, 0.717) is 18.4 Å². The van der Waals surface area contributed by atoms with Gasteiger partial charge in [0, 0.05) is 12.1 Å². The van der Waals surface area contributed by atoms with Gasteiger partial charge in [-0.1, -0.05) is 30.3 Å². The van der Waals surface area contributed by atoms with Gasteiger partial charge in [-0.25, -0.2) is 0 Å². The molecular weight excluding hydrogens is 522 g/mol. The molecule has 1 heterocycles. The third-order valence-corrected chi connectivity index (χ3v) is 9.32. The molecule has 4 atom stereocenters. The average molecular weight is 558 g/mol. The first kappa shape index (κ1) is 27.2. The Bertz CT molecular complexity index is 1520. The van der Waals surface area contributed by atoms with Crippen LogP contribution in [0, 0.1) is 17.8 Å². The van der Waals surface area contributed by atoms with Crippen molar-refractivity contribution in [2.24, 2.45) is 23.5 Å². The Balaban J connectivity index is 1.40. The fourth-order valence-corrected chi connectivity index (χ4v) is 7.53. The second kappa shape index (κ2) is 10.2. The van der Waals surface area contributed by atoms with Crippen LogP contribution in [-0.2, 0) is 22.6 Å². The number of carbonyl (C=O) groups is 3. The van der Waals surface area contributed by atoms with Crippen LogP contribution < -0.4 is 5.73 Å². The van der Waals surface area contributed by atoms with Crippen LogP contribution in [0.3, 0.4) is 0 Å². The monoisotopic (exact) mass is 557 g/mol. The number of hydrogen-bond acceptors (Lipinski definition) is 8. The molecule has 1 unspecified atom stereocenters. The van der Waals surface area contributed by atoms with Crippen molar-refractivity contribution >= 4 is 17.5 Å². The highest BCUT2D eigenvalue weighted by Gasteiger charge is 2.54. The smallest absolute Gasteiger partial charge is 0.255 e. The molecule has 1 aliphatic heterocycles. The molecule has 0 aromatic heterocycles. The van der Waals surface area contributed by atoms with E-state index in [2.05, 4.69) is 17.0 Å². The molecule has 3 aliphatic carbocycles. The molecule has 0 bridgehead atoms. The molecule has 6 rings (SSSR count). The van der Waals surface area contributed by atoms with Gasteiger partial charge in [0.15, 0.2) is 11.6 Å². The number of ketones is 2. The van der Waals surface area contributed by atoms with E-state index in [-0.39, 0.29) is 16.9 Å². The average Bonchev–Trinajstić information content (AvgIpc) is 3.42. The van der Waals surface area contributed by atoms with E-state index in [1.807, 2.05) is 18.2 Å². The molecule has 214 valence electrons. The maximum absolute atomic E-state index is 13.9. The van der Waals surface area contributed by atoms with E-state index in [1.165, 1.54) is 24.5 Å². The number of rotatable bonds is 5. The Labute approximate surface area is 238 Å². The number of aromatic hydroxyl groups is 1. The van der Waals surface area contributed by atoms with Crippen LogP contribution in [0.5, 0.6) is 5.75 Å². The number of likely N-dealkylation sites (tertiary alicyclic amines) is 1. The first-order valence-corrected chi connectivity index (χ1v) is 14.2. The third kappa shape index (κ3) is 4.35. The van der Waals surface area contributed by atoms with Gasteiger partial charge in [0.25, 0.3) is 5.91 Å². The number of Topliss-reactive ketones (excluding diaryl/α,β-unsaturated/α-hetero) is 2. The van der Waals surface area contributed by atoms with Crippen LogP contribution in [0.25, 0.3) is 11.1 Å². The van der Waals surface area contributed by atoms with E-state index < -0.39 is 58.4 Å². The Kier molecular flexibility index (Phi) is 6.74. The number of phenolic OH excluding ortho intramolecular Hbond substituents is 1. The molecule has 4 aliphatic rings. The summed E-state index contributed by atoms with van der Waals surface area (Å²) in [4.78, 5) is 43.5. The fourth-order valence-electron chi connectivity index (χ4n) is 7.53. The van der Waals surface area contributed by atoms with Gasteiger partial charge < -0.3 is 21.1 Å². The lowest BCUT2D eigenvalue weighted by molar-refractivity contribution is -0.127. The molecule has 9 nitrogen and oxygen atoms in total. The molecule has 5 N–H and O–H groups in total. The van der Waals surface area contributed by atoms with Crippen molar-refractivity contribution in [3.63, 3.8) is 0 Å². The van der Waals surface area contributed by atoms with E-state index >= 15 is 0 Å². The number of amides is 1. The number of nitrogens with zero attached hydrogens (tertiary/aromatic N) is 2. The number of aliphatic hydroxyl groups is 2. The standard InChI is InChI=1S/C32H35N3O6/c1-34(2)27-21-14-18-13-20-19(17-7-5-16(6-8-17)15-35-11-3-4-12-35)9-10-22(36)24(20)28(37)23(18)29(38)25(21)30(39)26(31(27)40)32(33)41/h5-10,18,21,25,27,36,38,40H,3-4,11-15H2,1-2H3,(H2,33,41)/t18-,21+,25?,27-/m0/s1. The summed E-state index contributed by atoms with van der Waals surface area (Å²) in [6.45, 7) is 3.12. The van der Waals surface area contributed by atoms with Crippen molar-refractivity contribution in [1.29, 1.82) is 0 Å². The van der Waals surface area contributed by atoms with Crippen molar-refractivity contribution in [1.82, 2.24) is 9.80 Å².